The molecule has 276 valence electrons. The van der Waals surface area contributed by atoms with Crippen LogP contribution in [-0.2, 0) is 0 Å². The molecule has 11 rings (SSSR count). The zero-order valence-electron chi connectivity index (χ0n) is 32.9. The topological polar surface area (TPSA) is 0 Å². The number of hydrogen-bond donors (Lipinski definition) is 0. The quantitative estimate of drug-likeness (QED) is 0.157. The molecule has 0 heteroatoms. The number of hydrogen-bond acceptors (Lipinski definition) is 0. The van der Waals surface area contributed by atoms with Crippen LogP contribution in [0, 0.1) is 10.4 Å². The molecule has 11 aromatic carbocycles. The molecule has 0 aliphatic carbocycles. The van der Waals surface area contributed by atoms with Crippen molar-refractivity contribution in [2.24, 2.45) is 0 Å². The minimum atomic E-state index is 1.03. The molecule has 0 unspecified atom stereocenters. The molecule has 0 radical (unpaired) electrons. The molecular weight excluding hydrogens is 709 g/mol. The van der Waals surface area contributed by atoms with Gasteiger partial charge in [-0.2, -0.15) is 0 Å². The molecule has 0 amide bonds. The molecule has 0 atom stereocenters. The lowest BCUT2D eigenvalue weighted by Gasteiger charge is -2.20. The number of benzene rings is 11. The van der Waals surface area contributed by atoms with Crippen LogP contribution in [0.15, 0.2) is 206 Å². The van der Waals surface area contributed by atoms with Crippen LogP contribution in [-0.4, -0.2) is 0 Å². The van der Waals surface area contributed by atoms with E-state index in [1.807, 2.05) is 0 Å². The summed E-state index contributed by atoms with van der Waals surface area (Å²) in [4.78, 5) is 0. The van der Waals surface area contributed by atoms with Crippen molar-refractivity contribution in [2.75, 3.05) is 0 Å². The maximum atomic E-state index is 4.43. The van der Waals surface area contributed by atoms with E-state index >= 15 is 0 Å². The van der Waals surface area contributed by atoms with E-state index in [0.29, 0.717) is 0 Å². The second-order valence-corrected chi connectivity index (χ2v) is 15.5. The average Bonchev–Trinajstić information content (AvgIpc) is 3.30. The summed E-state index contributed by atoms with van der Waals surface area (Å²) in [5, 5.41) is 17.1. The molecule has 0 saturated heterocycles. The highest BCUT2D eigenvalue weighted by Crippen LogP contribution is 2.47. The Morgan fingerprint density at radius 3 is 1.19 bits per heavy atom. The summed E-state index contributed by atoms with van der Waals surface area (Å²) in [7, 11) is 0. The Morgan fingerprint density at radius 1 is 0.305 bits per heavy atom. The van der Waals surface area contributed by atoms with Crippen LogP contribution in [0.5, 0.6) is 0 Å². The van der Waals surface area contributed by atoms with Crippen LogP contribution in [0.1, 0.15) is 6.92 Å². The summed E-state index contributed by atoms with van der Waals surface area (Å²) in [6.45, 7) is 6.57. The molecule has 0 spiro atoms. The van der Waals surface area contributed by atoms with Crippen molar-refractivity contribution in [2.45, 2.75) is 6.92 Å². The first-order valence-corrected chi connectivity index (χ1v) is 20.5. The van der Waals surface area contributed by atoms with Gasteiger partial charge in [-0.05, 0) is 132 Å². The van der Waals surface area contributed by atoms with Crippen LogP contribution in [0.4, 0.5) is 0 Å². The van der Waals surface area contributed by atoms with Gasteiger partial charge in [0.2, 0.25) is 0 Å². The van der Waals surface area contributed by atoms with Crippen molar-refractivity contribution in [1.29, 1.82) is 0 Å². The molecule has 0 fully saturated rings. The fourth-order valence-corrected chi connectivity index (χ4v) is 9.79. The van der Waals surface area contributed by atoms with Gasteiger partial charge in [-0.3, -0.25) is 0 Å². The first-order valence-electron chi connectivity index (χ1n) is 20.5. The second kappa shape index (κ2) is 14.1. The maximum absolute atomic E-state index is 4.43. The lowest BCUT2D eigenvalue weighted by molar-refractivity contribution is 1.43. The molecule has 59 heavy (non-hydrogen) atoms. The lowest BCUT2D eigenvalue weighted by Crippen LogP contribution is -2.10. The lowest BCUT2D eigenvalue weighted by atomic mass is 9.83. The maximum Gasteiger partial charge on any atom is -0.00201 e. The molecule has 11 aromatic rings. The highest BCUT2D eigenvalue weighted by molar-refractivity contribution is 6.24. The minimum Gasteiger partial charge on any atom is -0.0911 e. The third kappa shape index (κ3) is 5.52. The van der Waals surface area contributed by atoms with Gasteiger partial charge in [0, 0.05) is 0 Å². The van der Waals surface area contributed by atoms with Crippen molar-refractivity contribution < 1.29 is 0 Å². The molecule has 0 N–H and O–H groups in total. The Hall–Kier alpha value is -7.54. The molecule has 0 saturated carbocycles. The van der Waals surface area contributed by atoms with E-state index in [2.05, 4.69) is 226 Å². The van der Waals surface area contributed by atoms with Crippen molar-refractivity contribution in [3.8, 4) is 44.5 Å². The van der Waals surface area contributed by atoms with Crippen molar-refractivity contribution in [1.82, 2.24) is 0 Å². The molecule has 0 aliphatic rings. The summed E-state index contributed by atoms with van der Waals surface area (Å²) in [5.74, 6) is 0. The van der Waals surface area contributed by atoms with Crippen molar-refractivity contribution in [3.05, 3.63) is 227 Å². The highest BCUT2D eigenvalue weighted by atomic mass is 14.2. The van der Waals surface area contributed by atoms with E-state index in [9.17, 15) is 0 Å². The summed E-state index contributed by atoms with van der Waals surface area (Å²) in [6, 6.07) is 75.8. The van der Waals surface area contributed by atoms with Gasteiger partial charge in [0.1, 0.15) is 0 Å². The van der Waals surface area contributed by atoms with Gasteiger partial charge in [0.05, 0.1) is 0 Å². The predicted octanol–water partition coefficient (Wildman–Crippen LogP) is 14.6. The number of rotatable bonds is 4. The van der Waals surface area contributed by atoms with Crippen LogP contribution in [0.2, 0.25) is 0 Å². The summed E-state index contributed by atoms with van der Waals surface area (Å²) < 4.78 is 0. The van der Waals surface area contributed by atoms with Gasteiger partial charge in [0.25, 0.3) is 0 Å². The number of fused-ring (bicyclic) bond motifs is 5. The standard InChI is InChI=1S/C59H40/c1-3-40-42-23-9-14-28-47(42)57(37-56(40)41-22-8-7-19-38(41)2)50-34-33-48(43-24-10-11-25-44(43)50)49-35-36-55(46-27-13-12-26-45(46)49)59-53-31-17-15-29-51(53)58(39-20-5-4-6-21-39)52-30-16-18-32-54(52)59/h3-37H,2H2,1H3/b40-3?,56-41+. The van der Waals surface area contributed by atoms with Crippen LogP contribution >= 0.6 is 0 Å². The average molecular weight is 749 g/mol. The Balaban J connectivity index is 1.17. The van der Waals surface area contributed by atoms with E-state index in [-0.39, 0.29) is 0 Å². The zero-order chi connectivity index (χ0) is 39.5. The minimum absolute atomic E-state index is 1.03. The van der Waals surface area contributed by atoms with E-state index in [0.717, 1.165) is 10.4 Å². The summed E-state index contributed by atoms with van der Waals surface area (Å²) in [6.07, 6.45) is 2.24. The van der Waals surface area contributed by atoms with Gasteiger partial charge in [0.15, 0.2) is 0 Å². The molecule has 0 heterocycles. The van der Waals surface area contributed by atoms with Gasteiger partial charge >= 0.3 is 0 Å². The van der Waals surface area contributed by atoms with Gasteiger partial charge in [-0.15, -0.1) is 0 Å². The zero-order valence-corrected chi connectivity index (χ0v) is 32.9. The fraction of sp³-hybridized carbons (Fsp3) is 0.0169. The van der Waals surface area contributed by atoms with Gasteiger partial charge in [-0.25, -0.2) is 0 Å². The van der Waals surface area contributed by atoms with E-state index in [4.69, 9.17) is 0 Å². The Morgan fingerprint density at radius 2 is 0.678 bits per heavy atom. The van der Waals surface area contributed by atoms with Gasteiger partial charge < -0.3 is 0 Å². The Labute approximate surface area is 343 Å². The van der Waals surface area contributed by atoms with Crippen molar-refractivity contribution >= 4 is 66.5 Å². The molecule has 0 bridgehead atoms. The van der Waals surface area contributed by atoms with Crippen molar-refractivity contribution in [3.63, 3.8) is 0 Å². The first kappa shape index (κ1) is 34.7. The van der Waals surface area contributed by atoms with E-state index in [1.165, 1.54) is 109 Å². The smallest absolute Gasteiger partial charge is 0.00201 e. The molecular formula is C59H40. The van der Waals surface area contributed by atoms with Crippen LogP contribution in [0.25, 0.3) is 111 Å². The summed E-state index contributed by atoms with van der Waals surface area (Å²) >= 11 is 0. The Bertz CT molecular complexity index is 3630. The monoisotopic (exact) mass is 748 g/mol. The van der Waals surface area contributed by atoms with Gasteiger partial charge in [-0.1, -0.05) is 213 Å². The normalized spacial score (nSPS) is 12.6. The molecule has 0 aromatic heterocycles. The predicted molar refractivity (Wildman–Crippen MR) is 255 cm³/mol. The SMILES string of the molecule is C=c1cccc/c1=c1/cc(-c2ccc(-c3ccc(-c4c5ccccc5c(-c5ccccc5)c5ccccc45)c4ccccc34)c3ccccc23)c2ccccc2c1=CC. The molecule has 0 nitrogen and oxygen atoms in total. The fourth-order valence-electron chi connectivity index (χ4n) is 9.79. The third-order valence-electron chi connectivity index (χ3n) is 12.4. The van der Waals surface area contributed by atoms with E-state index < -0.39 is 0 Å². The highest BCUT2D eigenvalue weighted by Gasteiger charge is 2.20. The largest absolute Gasteiger partial charge is 0.0911 e. The third-order valence-corrected chi connectivity index (χ3v) is 12.4. The first-order chi connectivity index (χ1) is 29.2. The summed E-state index contributed by atoms with van der Waals surface area (Å²) in [5.41, 5.74) is 9.95. The van der Waals surface area contributed by atoms with Crippen LogP contribution < -0.4 is 10.4 Å². The van der Waals surface area contributed by atoms with Crippen LogP contribution in [0.3, 0.4) is 0 Å². The Kier molecular flexibility index (Phi) is 8.31. The molecule has 0 aliphatic heterocycles. The second-order valence-electron chi connectivity index (χ2n) is 15.5. The van der Waals surface area contributed by atoms with E-state index in [1.54, 1.807) is 0 Å².